The molecule has 2 atom stereocenters. The van der Waals surface area contributed by atoms with Gasteiger partial charge in [-0.25, -0.2) is 0 Å². The number of carboxylic acids is 1. The van der Waals surface area contributed by atoms with Crippen molar-refractivity contribution < 1.29 is 23.9 Å². The van der Waals surface area contributed by atoms with E-state index in [1.807, 2.05) is 20.8 Å². The first-order valence-electron chi connectivity index (χ1n) is 7.61. The summed E-state index contributed by atoms with van der Waals surface area (Å²) in [6, 6.07) is 0. The van der Waals surface area contributed by atoms with E-state index >= 15 is 0 Å². The highest BCUT2D eigenvalue weighted by Gasteiger charge is 2.46. The molecule has 130 valence electrons. The molecule has 0 fully saturated rings. The number of carbonyl (C=O) groups is 2. The fourth-order valence-electron chi connectivity index (χ4n) is 2.14. The summed E-state index contributed by atoms with van der Waals surface area (Å²) in [5.74, 6) is -2.01. The number of rotatable bonds is 6. The van der Waals surface area contributed by atoms with Crippen LogP contribution in [0, 0.1) is 11.3 Å². The van der Waals surface area contributed by atoms with Gasteiger partial charge in [-0.05, 0) is 23.5 Å². The number of methoxy groups -OCH3 is 1. The van der Waals surface area contributed by atoms with Gasteiger partial charge in [-0.1, -0.05) is 41.5 Å². The summed E-state index contributed by atoms with van der Waals surface area (Å²) in [5.41, 5.74) is -0.449. The number of hydrogen-bond acceptors (Lipinski definition) is 4. The molecule has 0 aromatic carbocycles. The lowest BCUT2D eigenvalue weighted by Gasteiger charge is -2.43. The van der Waals surface area contributed by atoms with E-state index in [1.165, 1.54) is 7.11 Å². The van der Waals surface area contributed by atoms with Crippen LogP contribution in [0.3, 0.4) is 0 Å². The number of carbonyl (C=O) groups excluding carboxylic acids is 1. The summed E-state index contributed by atoms with van der Waals surface area (Å²) in [7, 11) is -0.881. The molecule has 0 aliphatic carbocycles. The molecule has 1 N–H and O–H groups in total. The molecule has 0 amide bonds. The second kappa shape index (κ2) is 7.13. The minimum absolute atomic E-state index is 0.0672. The first kappa shape index (κ1) is 21.1. The van der Waals surface area contributed by atoms with Gasteiger partial charge in [-0.2, -0.15) is 0 Å². The van der Waals surface area contributed by atoms with Gasteiger partial charge in [0.2, 0.25) is 0 Å². The van der Waals surface area contributed by atoms with E-state index in [0.717, 1.165) is 0 Å². The van der Waals surface area contributed by atoms with Gasteiger partial charge in [0.1, 0.15) is 0 Å². The highest BCUT2D eigenvalue weighted by Crippen LogP contribution is 2.41. The van der Waals surface area contributed by atoms with Crippen LogP contribution in [-0.2, 0) is 18.8 Å². The van der Waals surface area contributed by atoms with Crippen LogP contribution >= 0.6 is 0 Å². The molecule has 0 aliphatic rings. The first-order valence-corrected chi connectivity index (χ1v) is 10.5. The van der Waals surface area contributed by atoms with Crippen LogP contribution in [0.2, 0.25) is 18.1 Å². The van der Waals surface area contributed by atoms with Crippen LogP contribution < -0.4 is 0 Å². The third kappa shape index (κ3) is 5.72. The summed E-state index contributed by atoms with van der Waals surface area (Å²) < 4.78 is 11.2. The lowest BCUT2D eigenvalue weighted by molar-refractivity contribution is -0.156. The normalized spacial score (nSPS) is 16.0. The molecule has 0 rings (SSSR count). The Kier molecular flexibility index (Phi) is 6.84. The van der Waals surface area contributed by atoms with Crippen LogP contribution in [-0.4, -0.2) is 38.6 Å². The van der Waals surface area contributed by atoms with E-state index in [0.29, 0.717) is 0 Å². The minimum Gasteiger partial charge on any atom is -0.481 e. The third-order valence-electron chi connectivity index (χ3n) is 4.39. The predicted molar refractivity (Wildman–Crippen MR) is 89.3 cm³/mol. The van der Waals surface area contributed by atoms with Crippen molar-refractivity contribution >= 4 is 20.3 Å². The highest BCUT2D eigenvalue weighted by molar-refractivity contribution is 6.74. The van der Waals surface area contributed by atoms with Crippen molar-refractivity contribution in [1.29, 1.82) is 0 Å². The maximum atomic E-state index is 12.2. The Hall–Kier alpha value is -0.883. The van der Waals surface area contributed by atoms with Gasteiger partial charge in [0, 0.05) is 0 Å². The van der Waals surface area contributed by atoms with E-state index < -0.39 is 37.7 Å². The monoisotopic (exact) mass is 332 g/mol. The zero-order valence-electron chi connectivity index (χ0n) is 15.4. The second-order valence-electron chi connectivity index (χ2n) is 8.38. The van der Waals surface area contributed by atoms with Crippen LogP contribution in [0.5, 0.6) is 0 Å². The molecule has 0 bridgehead atoms. The Labute approximate surface area is 135 Å². The van der Waals surface area contributed by atoms with Crippen molar-refractivity contribution in [1.82, 2.24) is 0 Å². The molecule has 22 heavy (non-hydrogen) atoms. The SMILES string of the molecule is COC(=O)C([C@@H](CC(=O)O)O[Si](C)(C)C(C)(C)C)C(C)(C)C. The first-order chi connectivity index (χ1) is 9.63. The molecule has 0 heterocycles. The van der Waals surface area contributed by atoms with Crippen LogP contribution in [0.15, 0.2) is 0 Å². The average molecular weight is 333 g/mol. The summed E-state index contributed by atoms with van der Waals surface area (Å²) in [4.78, 5) is 23.5. The molecule has 0 aliphatic heterocycles. The maximum absolute atomic E-state index is 12.2. The van der Waals surface area contributed by atoms with Gasteiger partial charge in [-0.3, -0.25) is 9.59 Å². The number of hydrogen-bond donors (Lipinski definition) is 1. The molecule has 0 radical (unpaired) electrons. The Morgan fingerprint density at radius 3 is 1.82 bits per heavy atom. The highest BCUT2D eigenvalue weighted by atomic mass is 28.4. The second-order valence-corrected chi connectivity index (χ2v) is 13.1. The van der Waals surface area contributed by atoms with Crippen molar-refractivity contribution in [2.45, 2.75) is 72.2 Å². The van der Waals surface area contributed by atoms with Crippen LogP contribution in [0.4, 0.5) is 0 Å². The molecule has 0 aromatic heterocycles. The largest absolute Gasteiger partial charge is 0.481 e. The van der Waals surface area contributed by atoms with Gasteiger partial charge in [0.05, 0.1) is 25.6 Å². The number of carboxylic acid groups (broad SMARTS) is 1. The van der Waals surface area contributed by atoms with Crippen molar-refractivity contribution in [3.8, 4) is 0 Å². The molecule has 0 saturated carbocycles. The molecule has 5 nitrogen and oxygen atoms in total. The summed E-state index contributed by atoms with van der Waals surface area (Å²) in [6.45, 7) is 16.1. The molecule has 0 saturated heterocycles. The molecule has 0 aromatic rings. The Balaban J connectivity index is 5.69. The van der Waals surface area contributed by atoms with Crippen molar-refractivity contribution in [3.05, 3.63) is 0 Å². The zero-order chi connectivity index (χ0) is 17.9. The van der Waals surface area contributed by atoms with Gasteiger partial charge < -0.3 is 14.3 Å². The van der Waals surface area contributed by atoms with Gasteiger partial charge >= 0.3 is 11.9 Å². The average Bonchev–Trinajstić information content (AvgIpc) is 2.23. The van der Waals surface area contributed by atoms with E-state index in [-0.39, 0.29) is 11.5 Å². The number of ether oxygens (including phenoxy) is 1. The van der Waals surface area contributed by atoms with Crippen molar-refractivity contribution in [3.63, 3.8) is 0 Å². The van der Waals surface area contributed by atoms with Crippen molar-refractivity contribution in [2.75, 3.05) is 7.11 Å². The lowest BCUT2D eigenvalue weighted by atomic mass is 9.76. The maximum Gasteiger partial charge on any atom is 0.311 e. The summed E-state index contributed by atoms with van der Waals surface area (Å²) in [6.07, 6.45) is -0.894. The van der Waals surface area contributed by atoms with Gasteiger partial charge in [0.25, 0.3) is 0 Å². The molecular weight excluding hydrogens is 300 g/mol. The van der Waals surface area contributed by atoms with Gasteiger partial charge in [-0.15, -0.1) is 0 Å². The predicted octanol–water partition coefficient (Wildman–Crippen LogP) is 3.69. The minimum atomic E-state index is -2.21. The standard InChI is InChI=1S/C16H32O5Si/c1-15(2,3)13(14(19)20-7)11(10-12(17)18)21-22(8,9)16(4,5)6/h11,13H,10H2,1-9H3,(H,17,18)/t11-,13?/m1/s1. The summed E-state index contributed by atoms with van der Waals surface area (Å²) in [5, 5.41) is 9.17. The molecule has 1 unspecified atom stereocenters. The quantitative estimate of drug-likeness (QED) is 0.593. The Morgan fingerprint density at radius 1 is 1.09 bits per heavy atom. The number of aliphatic carboxylic acids is 1. The molecule has 0 spiro atoms. The lowest BCUT2D eigenvalue weighted by Crippen LogP contribution is -2.50. The Bertz CT molecular complexity index is 404. The molecule has 6 heteroatoms. The summed E-state index contributed by atoms with van der Waals surface area (Å²) >= 11 is 0. The van der Waals surface area contributed by atoms with E-state index in [9.17, 15) is 14.7 Å². The Morgan fingerprint density at radius 2 is 1.55 bits per heavy atom. The smallest absolute Gasteiger partial charge is 0.311 e. The fourth-order valence-corrected chi connectivity index (χ4v) is 3.47. The topological polar surface area (TPSA) is 72.8 Å². The van der Waals surface area contributed by atoms with E-state index in [2.05, 4.69) is 33.9 Å². The van der Waals surface area contributed by atoms with Crippen LogP contribution in [0.1, 0.15) is 48.0 Å². The zero-order valence-corrected chi connectivity index (χ0v) is 16.4. The van der Waals surface area contributed by atoms with Crippen molar-refractivity contribution in [2.24, 2.45) is 11.3 Å². The van der Waals surface area contributed by atoms with E-state index in [1.54, 1.807) is 0 Å². The number of esters is 1. The van der Waals surface area contributed by atoms with Gasteiger partial charge in [0.15, 0.2) is 8.32 Å². The fraction of sp³-hybridized carbons (Fsp3) is 0.875. The third-order valence-corrected chi connectivity index (χ3v) is 8.89. The van der Waals surface area contributed by atoms with Crippen LogP contribution in [0.25, 0.3) is 0 Å². The molecular formula is C16H32O5Si. The van der Waals surface area contributed by atoms with E-state index in [4.69, 9.17) is 9.16 Å².